The first-order chi connectivity index (χ1) is 24.7. The number of hydrogen-bond acceptors (Lipinski definition) is 0. The van der Waals surface area contributed by atoms with E-state index in [2.05, 4.69) is 187 Å². The Kier molecular flexibility index (Phi) is 14.1. The van der Waals surface area contributed by atoms with Gasteiger partial charge in [0.25, 0.3) is 0 Å². The van der Waals surface area contributed by atoms with Crippen LogP contribution in [0.2, 0.25) is 13.1 Å². The first kappa shape index (κ1) is 39.0. The molecule has 0 N–H and O–H groups in total. The van der Waals surface area contributed by atoms with Crippen molar-refractivity contribution in [2.24, 2.45) is 0 Å². The summed E-state index contributed by atoms with van der Waals surface area (Å²) in [4.78, 5) is 0. The summed E-state index contributed by atoms with van der Waals surface area (Å²) >= 11 is -0.826. The molecular formula is C47H46Cl2SiZr. The second-order valence-corrected chi connectivity index (χ2v) is 18.3. The van der Waals surface area contributed by atoms with Crippen LogP contribution in [0.1, 0.15) is 56.2 Å². The molecule has 8 aromatic carbocycles. The van der Waals surface area contributed by atoms with Gasteiger partial charge in [-0.05, 0) is 38.6 Å². The molecule has 0 atom stereocenters. The van der Waals surface area contributed by atoms with Gasteiger partial charge >= 0.3 is 37.9 Å². The molecule has 0 nitrogen and oxygen atoms in total. The Morgan fingerprint density at radius 1 is 0.529 bits per heavy atom. The van der Waals surface area contributed by atoms with Crippen molar-refractivity contribution >= 4 is 69.6 Å². The van der Waals surface area contributed by atoms with E-state index in [0.29, 0.717) is 11.8 Å². The molecule has 8 aromatic rings. The van der Waals surface area contributed by atoms with Gasteiger partial charge in [0.2, 0.25) is 0 Å². The Balaban J connectivity index is 0.000000172. The molecule has 8 rings (SSSR count). The van der Waals surface area contributed by atoms with Gasteiger partial charge in [0, 0.05) is 9.52 Å². The zero-order valence-electron chi connectivity index (χ0n) is 30.7. The van der Waals surface area contributed by atoms with Crippen LogP contribution in [0.15, 0.2) is 140 Å². The Hall–Kier alpha value is -3.26. The van der Waals surface area contributed by atoms with Crippen LogP contribution in [-0.4, -0.2) is 9.52 Å². The number of hydrogen-bond donors (Lipinski definition) is 0. The van der Waals surface area contributed by atoms with Gasteiger partial charge in [0.1, 0.15) is 0 Å². The van der Waals surface area contributed by atoms with Gasteiger partial charge in [0.05, 0.1) is 0 Å². The minimum atomic E-state index is -0.826. The van der Waals surface area contributed by atoms with Gasteiger partial charge in [-0.3, -0.25) is 0 Å². The Morgan fingerprint density at radius 3 is 1.53 bits per heavy atom. The van der Waals surface area contributed by atoms with Crippen molar-refractivity contribution in [2.45, 2.75) is 59.5 Å². The molecule has 0 aliphatic rings. The summed E-state index contributed by atoms with van der Waals surface area (Å²) in [5, 5.41) is 10.7. The maximum atomic E-state index is 4.93. The quantitative estimate of drug-likeness (QED) is 0.123. The molecule has 0 saturated heterocycles. The van der Waals surface area contributed by atoms with E-state index < -0.39 is 20.8 Å². The van der Waals surface area contributed by atoms with Gasteiger partial charge in [-0.1, -0.05) is 162 Å². The van der Waals surface area contributed by atoms with E-state index in [1.54, 1.807) is 0 Å². The molecule has 0 amide bonds. The van der Waals surface area contributed by atoms with Gasteiger partial charge in [-0.2, -0.15) is 12.1 Å². The maximum absolute atomic E-state index is 4.93. The van der Waals surface area contributed by atoms with Crippen molar-refractivity contribution in [2.75, 3.05) is 0 Å². The van der Waals surface area contributed by atoms with Crippen LogP contribution in [0.5, 0.6) is 0 Å². The summed E-state index contributed by atoms with van der Waals surface area (Å²) in [6, 6.07) is 51.0. The summed E-state index contributed by atoms with van der Waals surface area (Å²) in [5.41, 5.74) is 9.53. The molecule has 0 fully saturated rings. The van der Waals surface area contributed by atoms with Crippen molar-refractivity contribution in [3.05, 3.63) is 156 Å². The van der Waals surface area contributed by atoms with Gasteiger partial charge in [-0.25, -0.2) is 0 Å². The zero-order chi connectivity index (χ0) is 36.5. The fourth-order valence-corrected chi connectivity index (χ4v) is 6.95. The second-order valence-electron chi connectivity index (χ2n) is 13.6. The molecule has 0 aliphatic carbocycles. The SMILES string of the molecule is CC(C)c1cc2c(-c3cccc4ccccc34)cccc2[cH-]1.C[Si]C.Cc1cc2c(-c3cccc4ccccc34)ccc(C(C)C)c2[cH-]1.[Cl][Zr+2][Cl]. The first-order valence-corrected chi connectivity index (χ1v) is 26.0. The van der Waals surface area contributed by atoms with E-state index in [-0.39, 0.29) is 0 Å². The molecule has 0 spiro atoms. The van der Waals surface area contributed by atoms with E-state index in [0.717, 1.165) is 9.52 Å². The van der Waals surface area contributed by atoms with E-state index in [1.165, 1.54) is 82.0 Å². The van der Waals surface area contributed by atoms with Crippen LogP contribution in [0.25, 0.3) is 65.3 Å². The molecule has 2 radical (unpaired) electrons. The minimum absolute atomic E-state index is 0.542. The molecule has 0 aliphatic heterocycles. The van der Waals surface area contributed by atoms with Crippen LogP contribution in [0, 0.1) is 6.92 Å². The molecule has 0 bridgehead atoms. The number of aryl methyl sites for hydroxylation is 1. The molecule has 4 heteroatoms. The summed E-state index contributed by atoms with van der Waals surface area (Å²) in [5.74, 6) is 1.11. The Morgan fingerprint density at radius 2 is 1.00 bits per heavy atom. The number of benzene rings is 6. The Labute approximate surface area is 326 Å². The zero-order valence-corrected chi connectivity index (χ0v) is 35.7. The van der Waals surface area contributed by atoms with Crippen molar-refractivity contribution in [3.63, 3.8) is 0 Å². The topological polar surface area (TPSA) is 0 Å². The van der Waals surface area contributed by atoms with Crippen LogP contribution in [-0.2, 0) is 20.8 Å². The van der Waals surface area contributed by atoms with E-state index in [9.17, 15) is 0 Å². The molecule has 0 saturated carbocycles. The van der Waals surface area contributed by atoms with E-state index in [4.69, 9.17) is 17.0 Å². The third-order valence-corrected chi connectivity index (χ3v) is 9.29. The standard InChI is InChI=1S/C23H21.C22H19.C2H6Si.2ClH.Zr/c1-15(2)18-11-12-21(23-14-16(3)13-22(18)23)20-10-6-8-17-7-4-5-9-19(17)20;1-15(2)18-13-17-9-6-12-21(22(17)14-18)20-11-5-8-16-7-3-4-10-19(16)20;1-3-2;;;/h4-15H,1-3H3;3-15H,1-2H3;1-2H3;2*1H;/q2*-1;;;;+4/p-2. The third kappa shape index (κ3) is 9.04. The summed E-state index contributed by atoms with van der Waals surface area (Å²) < 4.78 is 0. The Bertz CT molecular complexity index is 2330. The molecule has 0 heterocycles. The predicted molar refractivity (Wildman–Crippen MR) is 227 cm³/mol. The van der Waals surface area contributed by atoms with Crippen LogP contribution in [0.4, 0.5) is 0 Å². The number of halogens is 2. The van der Waals surface area contributed by atoms with Crippen LogP contribution >= 0.6 is 17.0 Å². The molecule has 0 aromatic heterocycles. The average Bonchev–Trinajstić information content (AvgIpc) is 3.76. The second kappa shape index (κ2) is 18.5. The summed E-state index contributed by atoms with van der Waals surface area (Å²) in [6.07, 6.45) is 0. The normalized spacial score (nSPS) is 10.8. The monoisotopic (exact) mass is 798 g/mol. The van der Waals surface area contributed by atoms with Gasteiger partial charge in [-0.15, -0.1) is 68.6 Å². The number of rotatable bonds is 4. The third-order valence-electron chi connectivity index (χ3n) is 9.29. The summed E-state index contributed by atoms with van der Waals surface area (Å²) in [6.45, 7) is 15.6. The van der Waals surface area contributed by atoms with Crippen molar-refractivity contribution < 1.29 is 20.8 Å². The fourth-order valence-electron chi connectivity index (χ4n) is 6.95. The van der Waals surface area contributed by atoms with Crippen molar-refractivity contribution in [3.8, 4) is 22.3 Å². The molecule has 51 heavy (non-hydrogen) atoms. The molecule has 256 valence electrons. The van der Waals surface area contributed by atoms with Gasteiger partial charge in [0.15, 0.2) is 0 Å². The first-order valence-electron chi connectivity index (χ1n) is 17.6. The number of fused-ring (bicyclic) bond motifs is 4. The average molecular weight is 801 g/mol. The van der Waals surface area contributed by atoms with Gasteiger partial charge < -0.3 is 0 Å². The van der Waals surface area contributed by atoms with Crippen molar-refractivity contribution in [1.82, 2.24) is 0 Å². The van der Waals surface area contributed by atoms with Crippen molar-refractivity contribution in [1.29, 1.82) is 0 Å². The van der Waals surface area contributed by atoms with Crippen LogP contribution < -0.4 is 0 Å². The van der Waals surface area contributed by atoms with E-state index in [1.807, 2.05) is 0 Å². The summed E-state index contributed by atoms with van der Waals surface area (Å²) in [7, 11) is 11.0. The molecular weight excluding hydrogens is 755 g/mol. The van der Waals surface area contributed by atoms with E-state index >= 15 is 0 Å². The fraction of sp³-hybridized carbons (Fsp3) is 0.191. The van der Waals surface area contributed by atoms with Crippen LogP contribution in [0.3, 0.4) is 0 Å². The molecule has 0 unspecified atom stereocenters. The predicted octanol–water partition coefficient (Wildman–Crippen LogP) is 15.5.